The van der Waals surface area contributed by atoms with E-state index in [4.69, 9.17) is 11.6 Å². The Bertz CT molecular complexity index is 474. The first-order chi connectivity index (χ1) is 9.60. The standard InChI is InChI=1S/C18H26ClN/c1-14(2)16-7-6-15(19)12-17(16)20-11-10-18(13-20)8-4-3-5-9-18/h6-7,12,14H,3-5,8-11,13H2,1-2H3. The van der Waals surface area contributed by atoms with Crippen LogP contribution in [0.4, 0.5) is 5.69 Å². The molecule has 3 rings (SSSR count). The molecule has 0 bridgehead atoms. The van der Waals surface area contributed by atoms with Gasteiger partial charge in [0.25, 0.3) is 0 Å². The normalized spacial score (nSPS) is 21.9. The van der Waals surface area contributed by atoms with Crippen molar-refractivity contribution >= 4 is 17.3 Å². The molecule has 1 spiro atoms. The van der Waals surface area contributed by atoms with Gasteiger partial charge < -0.3 is 4.90 Å². The fraction of sp³-hybridized carbons (Fsp3) is 0.667. The second kappa shape index (κ2) is 5.60. The van der Waals surface area contributed by atoms with Gasteiger partial charge in [0.1, 0.15) is 0 Å². The molecule has 0 unspecified atom stereocenters. The first-order valence-electron chi connectivity index (χ1n) is 8.14. The Balaban J connectivity index is 1.85. The van der Waals surface area contributed by atoms with Gasteiger partial charge in [0.05, 0.1) is 0 Å². The van der Waals surface area contributed by atoms with Gasteiger partial charge in [-0.25, -0.2) is 0 Å². The summed E-state index contributed by atoms with van der Waals surface area (Å²) in [6.45, 7) is 7.01. The maximum atomic E-state index is 6.25. The van der Waals surface area contributed by atoms with E-state index in [9.17, 15) is 0 Å². The summed E-state index contributed by atoms with van der Waals surface area (Å²) in [5, 5.41) is 0.869. The third-order valence-electron chi connectivity index (χ3n) is 5.31. The molecule has 1 aliphatic carbocycles. The van der Waals surface area contributed by atoms with Crippen molar-refractivity contribution in [3.05, 3.63) is 28.8 Å². The Morgan fingerprint density at radius 2 is 1.85 bits per heavy atom. The maximum absolute atomic E-state index is 6.25. The third kappa shape index (κ3) is 2.70. The van der Waals surface area contributed by atoms with Crippen molar-refractivity contribution in [3.63, 3.8) is 0 Å². The van der Waals surface area contributed by atoms with Crippen LogP contribution in [-0.2, 0) is 0 Å². The highest BCUT2D eigenvalue weighted by atomic mass is 35.5. The zero-order valence-corrected chi connectivity index (χ0v) is 13.5. The highest BCUT2D eigenvalue weighted by molar-refractivity contribution is 6.30. The van der Waals surface area contributed by atoms with E-state index >= 15 is 0 Å². The number of hydrogen-bond acceptors (Lipinski definition) is 1. The Morgan fingerprint density at radius 1 is 1.10 bits per heavy atom. The van der Waals surface area contributed by atoms with Crippen LogP contribution in [-0.4, -0.2) is 13.1 Å². The lowest BCUT2D eigenvalue weighted by molar-refractivity contribution is 0.219. The van der Waals surface area contributed by atoms with Crippen LogP contribution in [0, 0.1) is 5.41 Å². The van der Waals surface area contributed by atoms with Gasteiger partial charge in [-0.3, -0.25) is 0 Å². The van der Waals surface area contributed by atoms with Gasteiger partial charge in [-0.2, -0.15) is 0 Å². The Hall–Kier alpha value is -0.690. The third-order valence-corrected chi connectivity index (χ3v) is 5.54. The van der Waals surface area contributed by atoms with Crippen LogP contribution in [0.25, 0.3) is 0 Å². The predicted molar refractivity (Wildman–Crippen MR) is 87.9 cm³/mol. The summed E-state index contributed by atoms with van der Waals surface area (Å²) < 4.78 is 0. The smallest absolute Gasteiger partial charge is 0.0426 e. The zero-order chi connectivity index (χ0) is 14.2. The molecule has 0 N–H and O–H groups in total. The van der Waals surface area contributed by atoms with Crippen LogP contribution in [0.1, 0.15) is 63.9 Å². The quantitative estimate of drug-likeness (QED) is 0.683. The summed E-state index contributed by atoms with van der Waals surface area (Å²) >= 11 is 6.25. The molecule has 1 saturated carbocycles. The molecule has 0 aromatic heterocycles. The molecule has 20 heavy (non-hydrogen) atoms. The molecular weight excluding hydrogens is 266 g/mol. The minimum Gasteiger partial charge on any atom is -0.371 e. The molecule has 2 aliphatic rings. The second-order valence-corrected chi connectivity index (χ2v) is 7.53. The predicted octanol–water partition coefficient (Wildman–Crippen LogP) is 5.62. The molecule has 0 atom stereocenters. The molecule has 1 heterocycles. The van der Waals surface area contributed by atoms with Crippen molar-refractivity contribution in [3.8, 4) is 0 Å². The van der Waals surface area contributed by atoms with Gasteiger partial charge in [0.15, 0.2) is 0 Å². The molecule has 2 fully saturated rings. The molecule has 1 aromatic rings. The summed E-state index contributed by atoms with van der Waals surface area (Å²) in [5.74, 6) is 0.560. The molecule has 110 valence electrons. The maximum Gasteiger partial charge on any atom is 0.0426 e. The highest BCUT2D eigenvalue weighted by Crippen LogP contribution is 2.46. The molecule has 1 nitrogen and oxygen atoms in total. The van der Waals surface area contributed by atoms with Crippen LogP contribution < -0.4 is 4.90 Å². The lowest BCUT2D eigenvalue weighted by atomic mass is 9.73. The molecule has 1 aromatic carbocycles. The van der Waals surface area contributed by atoms with Gasteiger partial charge in [-0.15, -0.1) is 0 Å². The van der Waals surface area contributed by atoms with Crippen molar-refractivity contribution in [1.82, 2.24) is 0 Å². The van der Waals surface area contributed by atoms with Crippen molar-refractivity contribution in [2.75, 3.05) is 18.0 Å². The first-order valence-corrected chi connectivity index (χ1v) is 8.52. The van der Waals surface area contributed by atoms with Crippen LogP contribution in [0.2, 0.25) is 5.02 Å². The number of anilines is 1. The Morgan fingerprint density at radius 3 is 2.55 bits per heavy atom. The minimum absolute atomic E-state index is 0.560. The number of nitrogens with zero attached hydrogens (tertiary/aromatic N) is 1. The summed E-state index contributed by atoms with van der Waals surface area (Å²) in [5.41, 5.74) is 3.44. The van der Waals surface area contributed by atoms with Crippen LogP contribution in [0.5, 0.6) is 0 Å². The molecule has 0 radical (unpaired) electrons. The Labute approximate surface area is 128 Å². The van der Waals surface area contributed by atoms with Crippen molar-refractivity contribution in [2.24, 2.45) is 5.41 Å². The largest absolute Gasteiger partial charge is 0.371 e. The van der Waals surface area contributed by atoms with E-state index in [1.54, 1.807) is 0 Å². The molecule has 0 amide bonds. The van der Waals surface area contributed by atoms with Gasteiger partial charge in [-0.1, -0.05) is 50.8 Å². The van der Waals surface area contributed by atoms with Gasteiger partial charge in [0.2, 0.25) is 0 Å². The number of halogens is 1. The van der Waals surface area contributed by atoms with Gasteiger partial charge in [0, 0.05) is 23.8 Å². The van der Waals surface area contributed by atoms with Crippen molar-refractivity contribution < 1.29 is 0 Å². The van der Waals surface area contributed by atoms with E-state index < -0.39 is 0 Å². The topological polar surface area (TPSA) is 3.24 Å². The van der Waals surface area contributed by atoms with Crippen LogP contribution in [0.3, 0.4) is 0 Å². The summed E-state index contributed by atoms with van der Waals surface area (Å²) in [6, 6.07) is 6.43. The van der Waals surface area contributed by atoms with E-state index in [1.807, 2.05) is 6.07 Å². The highest BCUT2D eigenvalue weighted by Gasteiger charge is 2.39. The van der Waals surface area contributed by atoms with E-state index in [2.05, 4.69) is 30.9 Å². The molecule has 1 aliphatic heterocycles. The Kier molecular flexibility index (Phi) is 3.99. The second-order valence-electron chi connectivity index (χ2n) is 7.09. The molecule has 2 heteroatoms. The van der Waals surface area contributed by atoms with Crippen molar-refractivity contribution in [2.45, 2.75) is 58.3 Å². The van der Waals surface area contributed by atoms with Gasteiger partial charge >= 0.3 is 0 Å². The summed E-state index contributed by atoms with van der Waals surface area (Å²) in [7, 11) is 0. The van der Waals surface area contributed by atoms with Crippen molar-refractivity contribution in [1.29, 1.82) is 0 Å². The minimum atomic E-state index is 0.560. The number of hydrogen-bond donors (Lipinski definition) is 0. The van der Waals surface area contributed by atoms with E-state index in [1.165, 1.54) is 62.9 Å². The van der Waals surface area contributed by atoms with Crippen LogP contribution in [0.15, 0.2) is 18.2 Å². The molecule has 1 saturated heterocycles. The lowest BCUT2D eigenvalue weighted by Crippen LogP contribution is -2.29. The average molecular weight is 292 g/mol. The summed E-state index contributed by atoms with van der Waals surface area (Å²) in [4.78, 5) is 2.60. The first kappa shape index (κ1) is 14.3. The molecular formula is C18H26ClN. The number of benzene rings is 1. The fourth-order valence-electron chi connectivity index (χ4n) is 4.13. The monoisotopic (exact) mass is 291 g/mol. The van der Waals surface area contributed by atoms with E-state index in [0.717, 1.165) is 5.02 Å². The zero-order valence-electron chi connectivity index (χ0n) is 12.8. The average Bonchev–Trinajstić information content (AvgIpc) is 2.83. The van der Waals surface area contributed by atoms with E-state index in [0.29, 0.717) is 11.3 Å². The SMILES string of the molecule is CC(C)c1ccc(Cl)cc1N1CCC2(CCCCC2)C1. The summed E-state index contributed by atoms with van der Waals surface area (Å²) in [6.07, 6.45) is 8.54. The van der Waals surface area contributed by atoms with Crippen LogP contribution >= 0.6 is 11.6 Å². The van der Waals surface area contributed by atoms with Gasteiger partial charge in [-0.05, 0) is 48.3 Å². The fourth-order valence-corrected chi connectivity index (χ4v) is 4.30. The number of rotatable bonds is 2. The van der Waals surface area contributed by atoms with E-state index in [-0.39, 0.29) is 0 Å². The lowest BCUT2D eigenvalue weighted by Gasteiger charge is -2.34.